The van der Waals surface area contributed by atoms with Gasteiger partial charge in [0.2, 0.25) is 5.91 Å². The SMILES string of the molecule is CC(c1ccccc1Cl)N(C)C(=O)Cn1cc(N)cn1. The maximum absolute atomic E-state index is 12.2. The first-order chi connectivity index (χ1) is 9.49. The Morgan fingerprint density at radius 1 is 1.50 bits per heavy atom. The molecule has 2 rings (SSSR count). The van der Waals surface area contributed by atoms with Crippen LogP contribution < -0.4 is 5.73 Å². The zero-order valence-electron chi connectivity index (χ0n) is 11.5. The van der Waals surface area contributed by atoms with E-state index in [0.29, 0.717) is 10.7 Å². The molecule has 2 N–H and O–H groups in total. The number of hydrogen-bond donors (Lipinski definition) is 1. The highest BCUT2D eigenvalue weighted by atomic mass is 35.5. The number of carbonyl (C=O) groups excluding carboxylic acids is 1. The highest BCUT2D eigenvalue weighted by molar-refractivity contribution is 6.31. The summed E-state index contributed by atoms with van der Waals surface area (Å²) < 4.78 is 1.52. The van der Waals surface area contributed by atoms with Crippen molar-refractivity contribution in [3.05, 3.63) is 47.2 Å². The Balaban J connectivity index is 2.08. The van der Waals surface area contributed by atoms with Crippen molar-refractivity contribution in [3.8, 4) is 0 Å². The summed E-state index contributed by atoms with van der Waals surface area (Å²) in [6, 6.07) is 7.41. The van der Waals surface area contributed by atoms with Crippen molar-refractivity contribution < 1.29 is 4.79 Å². The number of amides is 1. The van der Waals surface area contributed by atoms with E-state index in [9.17, 15) is 4.79 Å². The van der Waals surface area contributed by atoms with Crippen LogP contribution in [-0.4, -0.2) is 27.6 Å². The molecular weight excluding hydrogens is 276 g/mol. The van der Waals surface area contributed by atoms with Gasteiger partial charge in [-0.05, 0) is 18.6 Å². The fraction of sp³-hybridized carbons (Fsp3) is 0.286. The number of carbonyl (C=O) groups is 1. The average molecular weight is 293 g/mol. The lowest BCUT2D eigenvalue weighted by atomic mass is 10.1. The number of anilines is 1. The van der Waals surface area contributed by atoms with Crippen LogP contribution in [0.5, 0.6) is 0 Å². The van der Waals surface area contributed by atoms with Crippen molar-refractivity contribution >= 4 is 23.2 Å². The van der Waals surface area contributed by atoms with Crippen molar-refractivity contribution in [3.63, 3.8) is 0 Å². The summed E-state index contributed by atoms with van der Waals surface area (Å²) in [5.74, 6) is -0.0551. The summed E-state index contributed by atoms with van der Waals surface area (Å²) in [6.45, 7) is 2.10. The summed E-state index contributed by atoms with van der Waals surface area (Å²) >= 11 is 6.16. The van der Waals surface area contributed by atoms with E-state index in [-0.39, 0.29) is 18.5 Å². The van der Waals surface area contributed by atoms with E-state index in [1.54, 1.807) is 18.1 Å². The molecule has 20 heavy (non-hydrogen) atoms. The standard InChI is InChI=1S/C14H17ClN4O/c1-10(12-5-3-4-6-13(12)15)18(2)14(20)9-19-8-11(16)7-17-19/h3-8,10H,9,16H2,1-2H3. The molecule has 5 nitrogen and oxygen atoms in total. The van der Waals surface area contributed by atoms with Gasteiger partial charge in [-0.25, -0.2) is 0 Å². The minimum atomic E-state index is -0.107. The van der Waals surface area contributed by atoms with Gasteiger partial charge in [-0.3, -0.25) is 9.48 Å². The summed E-state index contributed by atoms with van der Waals surface area (Å²) in [7, 11) is 1.75. The van der Waals surface area contributed by atoms with Crippen LogP contribution >= 0.6 is 11.6 Å². The molecule has 0 aliphatic carbocycles. The normalized spacial score (nSPS) is 12.2. The fourth-order valence-corrected chi connectivity index (χ4v) is 2.25. The Morgan fingerprint density at radius 2 is 2.20 bits per heavy atom. The average Bonchev–Trinajstić information content (AvgIpc) is 2.83. The molecular formula is C14H17ClN4O. The second-order valence-corrected chi connectivity index (χ2v) is 5.08. The van der Waals surface area contributed by atoms with Gasteiger partial charge in [0.15, 0.2) is 0 Å². The quantitative estimate of drug-likeness (QED) is 0.941. The van der Waals surface area contributed by atoms with Crippen LogP contribution in [0.2, 0.25) is 5.02 Å². The van der Waals surface area contributed by atoms with Gasteiger partial charge in [0, 0.05) is 18.3 Å². The molecule has 1 aromatic carbocycles. The van der Waals surface area contributed by atoms with Gasteiger partial charge in [-0.2, -0.15) is 5.10 Å². The molecule has 0 bridgehead atoms. The number of aromatic nitrogens is 2. The minimum absolute atomic E-state index is 0.0551. The largest absolute Gasteiger partial charge is 0.396 e. The van der Waals surface area contributed by atoms with Crippen LogP contribution in [0.3, 0.4) is 0 Å². The van der Waals surface area contributed by atoms with E-state index in [1.807, 2.05) is 31.2 Å². The Hall–Kier alpha value is -2.01. The highest BCUT2D eigenvalue weighted by Gasteiger charge is 2.19. The van der Waals surface area contributed by atoms with Gasteiger partial charge in [-0.1, -0.05) is 29.8 Å². The number of nitrogens with zero attached hydrogens (tertiary/aromatic N) is 3. The predicted octanol–water partition coefficient (Wildman–Crippen LogP) is 2.34. The lowest BCUT2D eigenvalue weighted by Gasteiger charge is -2.26. The molecule has 6 heteroatoms. The van der Waals surface area contributed by atoms with Crippen molar-refractivity contribution in [1.82, 2.24) is 14.7 Å². The monoisotopic (exact) mass is 292 g/mol. The number of hydrogen-bond acceptors (Lipinski definition) is 3. The molecule has 2 aromatic rings. The van der Waals surface area contributed by atoms with Crippen molar-refractivity contribution in [2.45, 2.75) is 19.5 Å². The summed E-state index contributed by atoms with van der Waals surface area (Å²) in [6.07, 6.45) is 3.15. The van der Waals surface area contributed by atoms with Crippen LogP contribution in [0.25, 0.3) is 0 Å². The second kappa shape index (κ2) is 5.96. The van der Waals surface area contributed by atoms with Crippen LogP contribution in [0.15, 0.2) is 36.7 Å². The first-order valence-electron chi connectivity index (χ1n) is 6.27. The molecule has 0 fully saturated rings. The van der Waals surface area contributed by atoms with Gasteiger partial charge in [-0.15, -0.1) is 0 Å². The van der Waals surface area contributed by atoms with Crippen LogP contribution in [0.4, 0.5) is 5.69 Å². The second-order valence-electron chi connectivity index (χ2n) is 4.67. The van der Waals surface area contributed by atoms with Gasteiger partial charge >= 0.3 is 0 Å². The Morgan fingerprint density at radius 3 is 2.80 bits per heavy atom. The highest BCUT2D eigenvalue weighted by Crippen LogP contribution is 2.26. The number of benzene rings is 1. The van der Waals surface area contributed by atoms with Gasteiger partial charge in [0.05, 0.1) is 17.9 Å². The van der Waals surface area contributed by atoms with Crippen LogP contribution in [-0.2, 0) is 11.3 Å². The Bertz CT molecular complexity index is 611. The summed E-state index contributed by atoms with van der Waals surface area (Å²) in [5, 5.41) is 4.66. The lowest BCUT2D eigenvalue weighted by molar-refractivity contribution is -0.132. The molecule has 1 heterocycles. The predicted molar refractivity (Wildman–Crippen MR) is 79.3 cm³/mol. The smallest absolute Gasteiger partial charge is 0.244 e. The maximum Gasteiger partial charge on any atom is 0.244 e. The molecule has 1 unspecified atom stereocenters. The zero-order valence-corrected chi connectivity index (χ0v) is 12.2. The number of nitrogens with two attached hydrogens (primary N) is 1. The molecule has 0 radical (unpaired) electrons. The maximum atomic E-state index is 12.2. The van der Waals surface area contributed by atoms with Crippen molar-refractivity contribution in [2.24, 2.45) is 0 Å². The van der Waals surface area contributed by atoms with E-state index >= 15 is 0 Å². The topological polar surface area (TPSA) is 64.2 Å². The van der Waals surface area contributed by atoms with Crippen LogP contribution in [0.1, 0.15) is 18.5 Å². The third-order valence-electron chi connectivity index (χ3n) is 3.28. The van der Waals surface area contributed by atoms with Crippen molar-refractivity contribution in [1.29, 1.82) is 0 Å². The van der Waals surface area contributed by atoms with E-state index in [1.165, 1.54) is 10.9 Å². The number of likely N-dealkylation sites (N-methyl/N-ethyl adjacent to an activating group) is 1. The molecule has 106 valence electrons. The van der Waals surface area contributed by atoms with E-state index in [4.69, 9.17) is 17.3 Å². The summed E-state index contributed by atoms with van der Waals surface area (Å²) in [5.41, 5.74) is 7.04. The van der Waals surface area contributed by atoms with Crippen molar-refractivity contribution in [2.75, 3.05) is 12.8 Å². The Kier molecular flexibility index (Phi) is 4.29. The first-order valence-corrected chi connectivity index (χ1v) is 6.65. The molecule has 1 aromatic heterocycles. The number of halogens is 1. The van der Waals surface area contributed by atoms with E-state index in [2.05, 4.69) is 5.10 Å². The molecule has 0 aliphatic heterocycles. The first kappa shape index (κ1) is 14.4. The molecule has 1 atom stereocenters. The van der Waals surface area contributed by atoms with Gasteiger partial charge < -0.3 is 10.6 Å². The molecule has 0 aliphatic rings. The molecule has 0 saturated heterocycles. The lowest BCUT2D eigenvalue weighted by Crippen LogP contribution is -2.32. The third-order valence-corrected chi connectivity index (χ3v) is 3.62. The number of rotatable bonds is 4. The summed E-state index contributed by atoms with van der Waals surface area (Å²) in [4.78, 5) is 13.9. The minimum Gasteiger partial charge on any atom is -0.396 e. The number of nitrogen functional groups attached to an aromatic ring is 1. The van der Waals surface area contributed by atoms with Gasteiger partial charge in [0.25, 0.3) is 0 Å². The third kappa shape index (κ3) is 3.11. The molecule has 1 amide bonds. The van der Waals surface area contributed by atoms with Crippen LogP contribution in [0, 0.1) is 0 Å². The molecule has 0 spiro atoms. The Labute approximate surface area is 122 Å². The van der Waals surface area contributed by atoms with E-state index in [0.717, 1.165) is 5.56 Å². The van der Waals surface area contributed by atoms with E-state index < -0.39 is 0 Å². The zero-order chi connectivity index (χ0) is 14.7. The van der Waals surface area contributed by atoms with Gasteiger partial charge in [0.1, 0.15) is 6.54 Å². The fourth-order valence-electron chi connectivity index (χ4n) is 1.95. The molecule has 0 saturated carbocycles.